The molecule has 6 nitrogen and oxygen atoms in total. The van der Waals surface area contributed by atoms with Crippen LogP contribution in [0.5, 0.6) is 11.5 Å². The Kier molecular flexibility index (Phi) is 5.82. The maximum absolute atomic E-state index is 11.7. The summed E-state index contributed by atoms with van der Waals surface area (Å²) in [6.45, 7) is 0.0434. The van der Waals surface area contributed by atoms with Crippen molar-refractivity contribution < 1.29 is 14.6 Å². The minimum atomic E-state index is -0.330. The fourth-order valence-electron chi connectivity index (χ4n) is 1.80. The average molecular weight is 334 g/mol. The lowest BCUT2D eigenvalue weighted by atomic mass is 10.2. The third kappa shape index (κ3) is 4.89. The lowest BCUT2D eigenvalue weighted by molar-refractivity contribution is -0.119. The summed E-state index contributed by atoms with van der Waals surface area (Å²) >= 11 is 5.85. The zero-order valence-corrected chi connectivity index (χ0v) is 13.2. The Bertz CT molecular complexity index is 719. The molecule has 0 spiro atoms. The molecule has 0 radical (unpaired) electrons. The van der Waals surface area contributed by atoms with E-state index in [1.165, 1.54) is 13.3 Å². The summed E-state index contributed by atoms with van der Waals surface area (Å²) in [5.74, 6) is -0.0310. The standard InChI is InChI=1S/C16H16ClN3O3/c1-23-14-7-2-4-11(16(14)22)9-19-20-15(21)10-18-13-6-3-5-12(17)8-13/h2-9,18,22H,10H2,1H3,(H,20,21)/b19-9+. The number of benzene rings is 2. The van der Waals surface area contributed by atoms with E-state index in [1.807, 2.05) is 0 Å². The first-order valence-electron chi connectivity index (χ1n) is 6.77. The Morgan fingerprint density at radius 1 is 1.35 bits per heavy atom. The zero-order valence-electron chi connectivity index (χ0n) is 12.4. The molecule has 0 aromatic heterocycles. The van der Waals surface area contributed by atoms with Gasteiger partial charge in [0.05, 0.1) is 19.9 Å². The number of phenols is 1. The van der Waals surface area contributed by atoms with Crippen molar-refractivity contribution in [3.63, 3.8) is 0 Å². The summed E-state index contributed by atoms with van der Waals surface area (Å²) in [6, 6.07) is 12.0. The number of nitrogens with zero attached hydrogens (tertiary/aromatic N) is 1. The minimum absolute atomic E-state index is 0.0370. The van der Waals surface area contributed by atoms with Gasteiger partial charge in [0.15, 0.2) is 11.5 Å². The number of hydrogen-bond acceptors (Lipinski definition) is 5. The molecule has 120 valence electrons. The Morgan fingerprint density at radius 3 is 2.87 bits per heavy atom. The molecular formula is C16H16ClN3O3. The van der Waals surface area contributed by atoms with Crippen molar-refractivity contribution in [2.45, 2.75) is 0 Å². The van der Waals surface area contributed by atoms with E-state index in [1.54, 1.807) is 42.5 Å². The van der Waals surface area contributed by atoms with Gasteiger partial charge in [0.25, 0.3) is 5.91 Å². The summed E-state index contributed by atoms with van der Waals surface area (Å²) in [5, 5.41) is 17.2. The molecule has 0 unspecified atom stereocenters. The largest absolute Gasteiger partial charge is 0.504 e. The predicted octanol–water partition coefficient (Wildman–Crippen LogP) is 2.62. The van der Waals surface area contributed by atoms with E-state index in [0.29, 0.717) is 16.3 Å². The number of methoxy groups -OCH3 is 1. The van der Waals surface area contributed by atoms with Crippen LogP contribution in [-0.2, 0) is 4.79 Å². The number of amides is 1. The second-order valence-electron chi connectivity index (χ2n) is 4.56. The zero-order chi connectivity index (χ0) is 16.7. The van der Waals surface area contributed by atoms with E-state index >= 15 is 0 Å². The van der Waals surface area contributed by atoms with Crippen LogP contribution < -0.4 is 15.5 Å². The van der Waals surface area contributed by atoms with Gasteiger partial charge >= 0.3 is 0 Å². The molecule has 2 rings (SSSR count). The third-order valence-corrected chi connectivity index (χ3v) is 3.16. The minimum Gasteiger partial charge on any atom is -0.504 e. The van der Waals surface area contributed by atoms with Crippen molar-refractivity contribution in [2.75, 3.05) is 19.0 Å². The Labute approximate surface area is 138 Å². The molecule has 0 saturated heterocycles. The van der Waals surface area contributed by atoms with Crippen LogP contribution >= 0.6 is 11.6 Å². The Morgan fingerprint density at radius 2 is 2.13 bits per heavy atom. The molecule has 0 bridgehead atoms. The van der Waals surface area contributed by atoms with Crippen molar-refractivity contribution in [3.8, 4) is 11.5 Å². The molecule has 7 heteroatoms. The van der Waals surface area contributed by atoms with Crippen molar-refractivity contribution in [2.24, 2.45) is 5.10 Å². The van der Waals surface area contributed by atoms with E-state index in [2.05, 4.69) is 15.8 Å². The van der Waals surface area contributed by atoms with Gasteiger partial charge in [-0.05, 0) is 30.3 Å². The van der Waals surface area contributed by atoms with Crippen LogP contribution in [0.4, 0.5) is 5.69 Å². The van der Waals surface area contributed by atoms with Gasteiger partial charge in [-0.15, -0.1) is 0 Å². The molecule has 0 fully saturated rings. The summed E-state index contributed by atoms with van der Waals surface area (Å²) < 4.78 is 4.99. The highest BCUT2D eigenvalue weighted by Crippen LogP contribution is 2.27. The average Bonchev–Trinajstić information content (AvgIpc) is 2.54. The number of hydrogen-bond donors (Lipinski definition) is 3. The summed E-state index contributed by atoms with van der Waals surface area (Å²) in [5.41, 5.74) is 3.54. The molecule has 3 N–H and O–H groups in total. The van der Waals surface area contributed by atoms with Gasteiger partial charge in [-0.25, -0.2) is 5.43 Å². The van der Waals surface area contributed by atoms with Gasteiger partial charge in [0, 0.05) is 16.3 Å². The monoisotopic (exact) mass is 333 g/mol. The molecule has 0 aliphatic heterocycles. The van der Waals surface area contributed by atoms with Crippen molar-refractivity contribution in [1.29, 1.82) is 0 Å². The quantitative estimate of drug-likeness (QED) is 0.560. The van der Waals surface area contributed by atoms with Gasteiger partial charge in [-0.3, -0.25) is 4.79 Å². The number of carbonyl (C=O) groups excluding carboxylic acids is 1. The van der Waals surface area contributed by atoms with Crippen LogP contribution in [0.1, 0.15) is 5.56 Å². The van der Waals surface area contributed by atoms with Crippen LogP contribution in [0, 0.1) is 0 Å². The molecule has 0 aliphatic rings. The second-order valence-corrected chi connectivity index (χ2v) is 4.99. The first kappa shape index (κ1) is 16.6. The molecule has 2 aromatic carbocycles. The number of rotatable bonds is 6. The number of anilines is 1. The fraction of sp³-hybridized carbons (Fsp3) is 0.125. The van der Waals surface area contributed by atoms with Gasteiger partial charge in [-0.1, -0.05) is 23.7 Å². The first-order chi connectivity index (χ1) is 11.1. The molecule has 1 amide bonds. The summed E-state index contributed by atoms with van der Waals surface area (Å²) in [4.78, 5) is 11.7. The first-order valence-corrected chi connectivity index (χ1v) is 7.15. The molecule has 23 heavy (non-hydrogen) atoms. The second kappa shape index (κ2) is 8.05. The van der Waals surface area contributed by atoms with Gasteiger partial charge in [0.2, 0.25) is 0 Å². The van der Waals surface area contributed by atoms with Crippen molar-refractivity contribution in [3.05, 3.63) is 53.1 Å². The van der Waals surface area contributed by atoms with Crippen molar-refractivity contribution >= 4 is 29.4 Å². The number of para-hydroxylation sites is 1. The highest BCUT2D eigenvalue weighted by Gasteiger charge is 2.05. The van der Waals surface area contributed by atoms with Gasteiger partial charge in [0.1, 0.15) is 0 Å². The molecule has 0 aliphatic carbocycles. The number of halogens is 1. The maximum Gasteiger partial charge on any atom is 0.259 e. The predicted molar refractivity (Wildman–Crippen MR) is 90.3 cm³/mol. The van der Waals surface area contributed by atoms with Crippen LogP contribution in [-0.4, -0.2) is 30.9 Å². The SMILES string of the molecule is COc1cccc(/C=N/NC(=O)CNc2cccc(Cl)c2)c1O. The summed E-state index contributed by atoms with van der Waals surface area (Å²) in [6.07, 6.45) is 1.34. The van der Waals surface area contributed by atoms with E-state index in [-0.39, 0.29) is 18.2 Å². The molecule has 2 aromatic rings. The molecular weight excluding hydrogens is 318 g/mol. The van der Waals surface area contributed by atoms with Gasteiger partial charge in [-0.2, -0.15) is 5.10 Å². The lowest BCUT2D eigenvalue weighted by Gasteiger charge is -2.06. The van der Waals surface area contributed by atoms with Crippen molar-refractivity contribution in [1.82, 2.24) is 5.43 Å². The van der Waals surface area contributed by atoms with E-state index < -0.39 is 0 Å². The van der Waals surface area contributed by atoms with E-state index in [0.717, 1.165) is 5.69 Å². The number of nitrogens with one attached hydrogen (secondary N) is 2. The molecule has 0 atom stereocenters. The molecule has 0 heterocycles. The number of ether oxygens (including phenoxy) is 1. The summed E-state index contributed by atoms with van der Waals surface area (Å²) in [7, 11) is 1.46. The van der Waals surface area contributed by atoms with Gasteiger partial charge < -0.3 is 15.2 Å². The van der Waals surface area contributed by atoms with E-state index in [9.17, 15) is 9.90 Å². The van der Waals surface area contributed by atoms with E-state index in [4.69, 9.17) is 16.3 Å². The van der Waals surface area contributed by atoms with Crippen LogP contribution in [0.3, 0.4) is 0 Å². The fourth-order valence-corrected chi connectivity index (χ4v) is 1.99. The van der Waals surface area contributed by atoms with Crippen LogP contribution in [0.15, 0.2) is 47.6 Å². The van der Waals surface area contributed by atoms with Crippen LogP contribution in [0.2, 0.25) is 5.02 Å². The normalized spacial score (nSPS) is 10.5. The smallest absolute Gasteiger partial charge is 0.259 e. The maximum atomic E-state index is 11.7. The highest BCUT2D eigenvalue weighted by atomic mass is 35.5. The number of phenolic OH excluding ortho intramolecular Hbond substituents is 1. The Hall–Kier alpha value is -2.73. The topological polar surface area (TPSA) is 83.0 Å². The Balaban J connectivity index is 1.87. The lowest BCUT2D eigenvalue weighted by Crippen LogP contribution is -2.25. The van der Waals surface area contributed by atoms with Crippen LogP contribution in [0.25, 0.3) is 0 Å². The number of hydrazone groups is 1. The number of carbonyl (C=O) groups is 1. The third-order valence-electron chi connectivity index (χ3n) is 2.92. The highest BCUT2D eigenvalue weighted by molar-refractivity contribution is 6.30. The number of aromatic hydroxyl groups is 1. The molecule has 0 saturated carbocycles.